The average Bonchev–Trinajstić information content (AvgIpc) is 2.48. The number of ether oxygens (including phenoxy) is 2. The van der Waals surface area contributed by atoms with Crippen LogP contribution >= 0.6 is 0 Å². The lowest BCUT2D eigenvalue weighted by molar-refractivity contribution is -0.0775. The van der Waals surface area contributed by atoms with Crippen molar-refractivity contribution >= 4 is 0 Å². The first-order valence-electron chi connectivity index (χ1n) is 7.52. The van der Waals surface area contributed by atoms with Gasteiger partial charge in [-0.3, -0.25) is 0 Å². The summed E-state index contributed by atoms with van der Waals surface area (Å²) in [6, 6.07) is 7.82. The molecular formula is C16H26N2O3. The molecule has 2 rings (SSSR count). The van der Waals surface area contributed by atoms with Crippen LogP contribution in [0.15, 0.2) is 24.3 Å². The van der Waals surface area contributed by atoms with Gasteiger partial charge in [0, 0.05) is 51.3 Å². The van der Waals surface area contributed by atoms with E-state index in [1.165, 1.54) is 0 Å². The van der Waals surface area contributed by atoms with Crippen molar-refractivity contribution in [3.8, 4) is 5.75 Å². The highest BCUT2D eigenvalue weighted by atomic mass is 16.5. The van der Waals surface area contributed by atoms with Crippen molar-refractivity contribution in [1.29, 1.82) is 0 Å². The van der Waals surface area contributed by atoms with Crippen LogP contribution in [0.3, 0.4) is 0 Å². The maximum absolute atomic E-state index is 10.5. The highest BCUT2D eigenvalue weighted by molar-refractivity contribution is 5.32. The number of hydrogen-bond donors (Lipinski definition) is 2. The molecule has 1 aliphatic heterocycles. The summed E-state index contributed by atoms with van der Waals surface area (Å²) in [5, 5.41) is 10.5. The molecule has 0 radical (unpaired) electrons. The van der Waals surface area contributed by atoms with E-state index in [0.29, 0.717) is 45.8 Å². The van der Waals surface area contributed by atoms with E-state index in [2.05, 4.69) is 4.90 Å². The fourth-order valence-corrected chi connectivity index (χ4v) is 2.62. The van der Waals surface area contributed by atoms with Crippen molar-refractivity contribution in [2.45, 2.75) is 25.0 Å². The summed E-state index contributed by atoms with van der Waals surface area (Å²) in [5.74, 6) is 0.846. The van der Waals surface area contributed by atoms with Crippen molar-refractivity contribution < 1.29 is 14.6 Å². The fraction of sp³-hybridized carbons (Fsp3) is 0.625. The summed E-state index contributed by atoms with van der Waals surface area (Å²) >= 11 is 0. The molecule has 1 heterocycles. The second-order valence-electron chi connectivity index (χ2n) is 5.73. The van der Waals surface area contributed by atoms with E-state index in [0.717, 1.165) is 17.9 Å². The van der Waals surface area contributed by atoms with Crippen molar-refractivity contribution in [2.75, 3.05) is 40.0 Å². The third-order valence-corrected chi connectivity index (χ3v) is 3.91. The van der Waals surface area contributed by atoms with Gasteiger partial charge in [0.05, 0.1) is 5.60 Å². The molecule has 118 valence electrons. The van der Waals surface area contributed by atoms with Crippen molar-refractivity contribution in [3.05, 3.63) is 29.8 Å². The minimum absolute atomic E-state index is 0.478. The number of aliphatic hydroxyl groups is 1. The van der Waals surface area contributed by atoms with E-state index in [4.69, 9.17) is 15.2 Å². The topological polar surface area (TPSA) is 68.0 Å². The second kappa shape index (κ2) is 7.75. The molecule has 0 aliphatic carbocycles. The van der Waals surface area contributed by atoms with Crippen LogP contribution in [-0.4, -0.2) is 55.6 Å². The van der Waals surface area contributed by atoms with Crippen molar-refractivity contribution in [3.63, 3.8) is 0 Å². The van der Waals surface area contributed by atoms with Crippen LogP contribution in [0.4, 0.5) is 0 Å². The number of rotatable bonds is 7. The molecule has 1 aromatic carbocycles. The van der Waals surface area contributed by atoms with Gasteiger partial charge in [-0.1, -0.05) is 18.2 Å². The molecule has 0 amide bonds. The van der Waals surface area contributed by atoms with Gasteiger partial charge in [0.2, 0.25) is 0 Å². The monoisotopic (exact) mass is 294 g/mol. The standard InChI is InChI=1S/C16H26N2O3/c1-18(13-16(19)6-9-20-10-7-16)8-11-21-15-5-3-2-4-14(15)12-17/h2-5,19H,6-13,17H2,1H3. The zero-order chi connectivity index (χ0) is 15.1. The third-order valence-electron chi connectivity index (χ3n) is 3.91. The molecule has 0 bridgehead atoms. The maximum Gasteiger partial charge on any atom is 0.123 e. The van der Waals surface area contributed by atoms with Crippen LogP contribution in [-0.2, 0) is 11.3 Å². The lowest BCUT2D eigenvalue weighted by atomic mass is 9.94. The van der Waals surface area contributed by atoms with Gasteiger partial charge in [-0.05, 0) is 13.1 Å². The van der Waals surface area contributed by atoms with Gasteiger partial charge in [0.1, 0.15) is 12.4 Å². The quantitative estimate of drug-likeness (QED) is 0.785. The normalized spacial score (nSPS) is 17.9. The van der Waals surface area contributed by atoms with E-state index in [-0.39, 0.29) is 0 Å². The maximum atomic E-state index is 10.5. The Labute approximate surface area is 126 Å². The minimum Gasteiger partial charge on any atom is -0.492 e. The van der Waals surface area contributed by atoms with Gasteiger partial charge >= 0.3 is 0 Å². The SMILES string of the molecule is CN(CCOc1ccccc1CN)CC1(O)CCOCC1. The molecule has 1 aromatic rings. The largest absolute Gasteiger partial charge is 0.492 e. The number of nitrogens with two attached hydrogens (primary N) is 1. The molecule has 3 N–H and O–H groups in total. The van der Waals surface area contributed by atoms with Gasteiger partial charge in [-0.15, -0.1) is 0 Å². The van der Waals surface area contributed by atoms with Crippen molar-refractivity contribution in [1.82, 2.24) is 4.90 Å². The molecule has 1 fully saturated rings. The Morgan fingerprint density at radius 1 is 1.33 bits per heavy atom. The van der Waals surface area contributed by atoms with Gasteiger partial charge < -0.3 is 25.2 Å². The smallest absolute Gasteiger partial charge is 0.123 e. The highest BCUT2D eigenvalue weighted by Crippen LogP contribution is 2.21. The predicted molar refractivity (Wildman–Crippen MR) is 82.3 cm³/mol. The molecule has 5 nitrogen and oxygen atoms in total. The second-order valence-corrected chi connectivity index (χ2v) is 5.73. The Bertz CT molecular complexity index is 433. The third kappa shape index (κ3) is 4.97. The number of hydrogen-bond acceptors (Lipinski definition) is 5. The van der Waals surface area contributed by atoms with Crippen LogP contribution in [0, 0.1) is 0 Å². The van der Waals surface area contributed by atoms with E-state index in [9.17, 15) is 5.11 Å². The molecule has 0 atom stereocenters. The summed E-state index contributed by atoms with van der Waals surface area (Å²) in [4.78, 5) is 2.11. The van der Waals surface area contributed by atoms with Gasteiger partial charge in [-0.2, -0.15) is 0 Å². The van der Waals surface area contributed by atoms with Gasteiger partial charge in [0.25, 0.3) is 0 Å². The molecule has 0 saturated carbocycles. The highest BCUT2D eigenvalue weighted by Gasteiger charge is 2.30. The molecule has 5 heteroatoms. The fourth-order valence-electron chi connectivity index (χ4n) is 2.62. The number of nitrogens with zero attached hydrogens (tertiary/aromatic N) is 1. The van der Waals surface area contributed by atoms with E-state index >= 15 is 0 Å². The van der Waals surface area contributed by atoms with Gasteiger partial charge in [0.15, 0.2) is 0 Å². The van der Waals surface area contributed by atoms with Crippen LogP contribution < -0.4 is 10.5 Å². The molecule has 0 spiro atoms. The summed E-state index contributed by atoms with van der Waals surface area (Å²) in [6.45, 7) is 3.77. The first-order chi connectivity index (χ1) is 10.1. The molecule has 1 aliphatic rings. The van der Waals surface area contributed by atoms with Crippen LogP contribution in [0.25, 0.3) is 0 Å². The molecule has 0 aromatic heterocycles. The molecular weight excluding hydrogens is 268 g/mol. The van der Waals surface area contributed by atoms with Crippen molar-refractivity contribution in [2.24, 2.45) is 5.73 Å². The molecule has 1 saturated heterocycles. The van der Waals surface area contributed by atoms with E-state index < -0.39 is 5.60 Å². The Morgan fingerprint density at radius 3 is 2.76 bits per heavy atom. The zero-order valence-electron chi connectivity index (χ0n) is 12.8. The Morgan fingerprint density at radius 2 is 2.05 bits per heavy atom. The van der Waals surface area contributed by atoms with E-state index in [1.807, 2.05) is 31.3 Å². The summed E-state index contributed by atoms with van der Waals surface area (Å²) in [7, 11) is 2.01. The van der Waals surface area contributed by atoms with Crippen LogP contribution in [0.5, 0.6) is 5.75 Å². The first kappa shape index (κ1) is 16.2. The average molecular weight is 294 g/mol. The molecule has 21 heavy (non-hydrogen) atoms. The number of likely N-dealkylation sites (N-methyl/N-ethyl adjacent to an activating group) is 1. The Kier molecular flexibility index (Phi) is 5.99. The van der Waals surface area contributed by atoms with Crippen LogP contribution in [0.1, 0.15) is 18.4 Å². The lowest BCUT2D eigenvalue weighted by Crippen LogP contribution is -2.46. The van der Waals surface area contributed by atoms with Gasteiger partial charge in [-0.25, -0.2) is 0 Å². The molecule has 0 unspecified atom stereocenters. The van der Waals surface area contributed by atoms with Crippen LogP contribution in [0.2, 0.25) is 0 Å². The Hall–Kier alpha value is -1.14. The number of benzene rings is 1. The summed E-state index contributed by atoms with van der Waals surface area (Å²) in [5.41, 5.74) is 6.08. The predicted octanol–water partition coefficient (Wildman–Crippen LogP) is 0.997. The minimum atomic E-state index is -0.623. The first-order valence-corrected chi connectivity index (χ1v) is 7.52. The Balaban J connectivity index is 1.75. The van der Waals surface area contributed by atoms with E-state index in [1.54, 1.807) is 0 Å². The summed E-state index contributed by atoms with van der Waals surface area (Å²) < 4.78 is 11.1. The lowest BCUT2D eigenvalue weighted by Gasteiger charge is -2.35. The summed E-state index contributed by atoms with van der Waals surface area (Å²) in [6.07, 6.45) is 1.41. The zero-order valence-corrected chi connectivity index (χ0v) is 12.8. The number of para-hydroxylation sites is 1.